The second-order valence-corrected chi connectivity index (χ2v) is 8.77. The third-order valence-electron chi connectivity index (χ3n) is 4.66. The van der Waals surface area contributed by atoms with Crippen LogP contribution in [0, 0.1) is 6.92 Å². The average Bonchev–Trinajstić information content (AvgIpc) is 2.74. The largest absolute Gasteiger partial charge is 0.337 e. The molecule has 4 rings (SSSR count). The van der Waals surface area contributed by atoms with Gasteiger partial charge in [-0.2, -0.15) is 0 Å². The zero-order chi connectivity index (χ0) is 22.0. The Labute approximate surface area is 180 Å². The van der Waals surface area contributed by atoms with Crippen molar-refractivity contribution in [3.63, 3.8) is 0 Å². The molecule has 0 unspecified atom stereocenters. The molecule has 0 atom stereocenters. The second kappa shape index (κ2) is 8.16. The maximum Gasteiger partial charge on any atom is 0.263 e. The summed E-state index contributed by atoms with van der Waals surface area (Å²) in [5.41, 5.74) is 3.23. The summed E-state index contributed by atoms with van der Waals surface area (Å²) < 4.78 is 28.4. The van der Waals surface area contributed by atoms with Gasteiger partial charge in [0.1, 0.15) is 0 Å². The molecule has 1 heterocycles. The molecule has 0 saturated carbocycles. The van der Waals surface area contributed by atoms with E-state index >= 15 is 0 Å². The molecule has 3 aromatic carbocycles. The van der Waals surface area contributed by atoms with Crippen LogP contribution in [0.1, 0.15) is 22.8 Å². The molecule has 156 valence electrons. The van der Waals surface area contributed by atoms with Gasteiger partial charge in [0.2, 0.25) is 0 Å². The number of anilines is 3. The van der Waals surface area contributed by atoms with Crippen molar-refractivity contribution in [1.29, 1.82) is 0 Å². The Kier molecular flexibility index (Phi) is 5.39. The van der Waals surface area contributed by atoms with Crippen molar-refractivity contribution in [3.05, 3.63) is 83.9 Å². The van der Waals surface area contributed by atoms with Gasteiger partial charge in [0.15, 0.2) is 17.4 Å². The van der Waals surface area contributed by atoms with Crippen molar-refractivity contribution in [3.8, 4) is 0 Å². The molecule has 0 fully saturated rings. The van der Waals surface area contributed by atoms with Crippen molar-refractivity contribution >= 4 is 44.2 Å². The fourth-order valence-electron chi connectivity index (χ4n) is 3.01. The first-order valence-corrected chi connectivity index (χ1v) is 11.0. The van der Waals surface area contributed by atoms with Crippen LogP contribution in [0.15, 0.2) is 77.7 Å². The second-order valence-electron chi connectivity index (χ2n) is 7.09. The van der Waals surface area contributed by atoms with Crippen molar-refractivity contribution in [1.82, 2.24) is 9.97 Å². The van der Waals surface area contributed by atoms with Gasteiger partial charge < -0.3 is 5.32 Å². The van der Waals surface area contributed by atoms with Crippen molar-refractivity contribution in [2.45, 2.75) is 18.7 Å². The summed E-state index contributed by atoms with van der Waals surface area (Å²) in [6, 6.07) is 20.6. The summed E-state index contributed by atoms with van der Waals surface area (Å²) in [5.74, 6) is 0.219. The number of ketones is 1. The van der Waals surface area contributed by atoms with Gasteiger partial charge in [-0.05, 0) is 50.2 Å². The molecular formula is C23H20N4O3S. The highest BCUT2D eigenvalue weighted by molar-refractivity contribution is 7.92. The minimum Gasteiger partial charge on any atom is -0.337 e. The Balaban J connectivity index is 1.77. The highest BCUT2D eigenvalue weighted by atomic mass is 32.2. The molecule has 0 saturated heterocycles. The van der Waals surface area contributed by atoms with Gasteiger partial charge in [0.05, 0.1) is 15.9 Å². The molecule has 0 aliphatic rings. The molecule has 0 aliphatic carbocycles. The number of hydrogen-bond acceptors (Lipinski definition) is 6. The summed E-state index contributed by atoms with van der Waals surface area (Å²) in [6.07, 6.45) is 0. The number of sulfonamides is 1. The minimum atomic E-state index is -3.88. The van der Waals surface area contributed by atoms with E-state index in [0.29, 0.717) is 22.3 Å². The van der Waals surface area contributed by atoms with Gasteiger partial charge >= 0.3 is 0 Å². The molecule has 0 aliphatic heterocycles. The number of para-hydroxylation sites is 2. The van der Waals surface area contributed by atoms with Gasteiger partial charge in [-0.3, -0.25) is 9.52 Å². The van der Waals surface area contributed by atoms with Crippen LogP contribution in [0.25, 0.3) is 11.0 Å². The van der Waals surface area contributed by atoms with E-state index in [9.17, 15) is 13.2 Å². The number of nitrogens with one attached hydrogen (secondary N) is 2. The normalized spacial score (nSPS) is 11.3. The number of aryl methyl sites for hydroxylation is 1. The zero-order valence-electron chi connectivity index (χ0n) is 17.0. The molecule has 0 radical (unpaired) electrons. The van der Waals surface area contributed by atoms with Gasteiger partial charge in [-0.25, -0.2) is 18.4 Å². The van der Waals surface area contributed by atoms with E-state index in [1.54, 1.807) is 54.6 Å². The van der Waals surface area contributed by atoms with Crippen LogP contribution >= 0.6 is 0 Å². The standard InChI is InChI=1S/C23H20N4O3S/c1-15-10-12-19(13-11-15)31(29,30)27-23-22(25-20-8-3-4-9-21(20)26-23)24-18-7-5-6-17(14-18)16(2)28/h3-14H,1-2H3,(H,24,25)(H,26,27). The van der Waals surface area contributed by atoms with E-state index in [4.69, 9.17) is 0 Å². The molecule has 2 N–H and O–H groups in total. The Bertz CT molecular complexity index is 1380. The molecular weight excluding hydrogens is 412 g/mol. The van der Waals surface area contributed by atoms with E-state index in [1.165, 1.54) is 19.1 Å². The van der Waals surface area contributed by atoms with Crippen LogP contribution in [-0.4, -0.2) is 24.2 Å². The van der Waals surface area contributed by atoms with Gasteiger partial charge in [0.25, 0.3) is 10.0 Å². The number of nitrogens with zero attached hydrogens (tertiary/aromatic N) is 2. The van der Waals surface area contributed by atoms with Crippen LogP contribution in [0.5, 0.6) is 0 Å². The summed E-state index contributed by atoms with van der Waals surface area (Å²) in [5, 5.41) is 3.09. The number of carbonyl (C=O) groups is 1. The summed E-state index contributed by atoms with van der Waals surface area (Å²) in [7, 11) is -3.88. The predicted molar refractivity (Wildman–Crippen MR) is 121 cm³/mol. The lowest BCUT2D eigenvalue weighted by molar-refractivity contribution is 0.101. The van der Waals surface area contributed by atoms with E-state index in [-0.39, 0.29) is 22.3 Å². The monoisotopic (exact) mass is 432 g/mol. The lowest BCUT2D eigenvalue weighted by Gasteiger charge is -2.14. The average molecular weight is 433 g/mol. The van der Waals surface area contributed by atoms with Gasteiger partial charge in [-0.15, -0.1) is 0 Å². The summed E-state index contributed by atoms with van der Waals surface area (Å²) in [6.45, 7) is 3.37. The number of aromatic nitrogens is 2. The van der Waals surface area contributed by atoms with Crippen molar-refractivity contribution in [2.75, 3.05) is 10.0 Å². The number of fused-ring (bicyclic) bond motifs is 1. The van der Waals surface area contributed by atoms with Crippen LogP contribution in [0.4, 0.5) is 17.3 Å². The molecule has 31 heavy (non-hydrogen) atoms. The maximum absolute atomic E-state index is 12.9. The first-order chi connectivity index (χ1) is 14.8. The van der Waals surface area contributed by atoms with E-state index in [2.05, 4.69) is 20.0 Å². The van der Waals surface area contributed by atoms with Crippen molar-refractivity contribution < 1.29 is 13.2 Å². The minimum absolute atomic E-state index is 0.0625. The first-order valence-electron chi connectivity index (χ1n) is 9.56. The van der Waals surface area contributed by atoms with Gasteiger partial charge in [-0.1, -0.05) is 42.0 Å². The first kappa shape index (κ1) is 20.5. The van der Waals surface area contributed by atoms with E-state index in [0.717, 1.165) is 5.56 Å². The number of rotatable bonds is 6. The quantitative estimate of drug-likeness (QED) is 0.429. The van der Waals surface area contributed by atoms with Crippen LogP contribution in [0.3, 0.4) is 0 Å². The van der Waals surface area contributed by atoms with Gasteiger partial charge in [0, 0.05) is 11.3 Å². The molecule has 0 amide bonds. The fraction of sp³-hybridized carbons (Fsp3) is 0.0870. The van der Waals surface area contributed by atoms with E-state index in [1.807, 2.05) is 13.0 Å². The fourth-order valence-corrected chi connectivity index (χ4v) is 4.02. The lowest BCUT2D eigenvalue weighted by Crippen LogP contribution is -2.16. The van der Waals surface area contributed by atoms with Crippen LogP contribution < -0.4 is 10.0 Å². The number of carbonyl (C=O) groups excluding carboxylic acids is 1. The number of Topliss-reactive ketones (excluding diaryl/α,β-unsaturated/α-hetero) is 1. The number of hydrogen-bond donors (Lipinski definition) is 2. The maximum atomic E-state index is 12.9. The number of benzene rings is 3. The SMILES string of the molecule is CC(=O)c1cccc(Nc2nc3ccccc3nc2NS(=O)(=O)c2ccc(C)cc2)c1. The van der Waals surface area contributed by atoms with Crippen LogP contribution in [0.2, 0.25) is 0 Å². The smallest absolute Gasteiger partial charge is 0.263 e. The third-order valence-corrected chi connectivity index (χ3v) is 6.02. The van der Waals surface area contributed by atoms with Crippen molar-refractivity contribution in [2.24, 2.45) is 0 Å². The Morgan fingerprint density at radius 3 is 2.13 bits per heavy atom. The lowest BCUT2D eigenvalue weighted by atomic mass is 10.1. The topological polar surface area (TPSA) is 101 Å². The predicted octanol–water partition coefficient (Wildman–Crippen LogP) is 4.69. The van der Waals surface area contributed by atoms with Crippen LogP contribution in [-0.2, 0) is 10.0 Å². The molecule has 8 heteroatoms. The highest BCUT2D eigenvalue weighted by Gasteiger charge is 2.19. The summed E-state index contributed by atoms with van der Waals surface area (Å²) in [4.78, 5) is 20.9. The molecule has 1 aromatic heterocycles. The highest BCUT2D eigenvalue weighted by Crippen LogP contribution is 2.27. The Morgan fingerprint density at radius 2 is 1.48 bits per heavy atom. The molecule has 7 nitrogen and oxygen atoms in total. The zero-order valence-corrected chi connectivity index (χ0v) is 17.8. The Morgan fingerprint density at radius 1 is 0.839 bits per heavy atom. The Hall–Kier alpha value is -3.78. The molecule has 0 spiro atoms. The van der Waals surface area contributed by atoms with E-state index < -0.39 is 10.0 Å². The third kappa shape index (κ3) is 4.54. The molecule has 4 aromatic rings. The summed E-state index contributed by atoms with van der Waals surface area (Å²) >= 11 is 0. The molecule has 0 bridgehead atoms.